The number of carbonyl (C=O) groups is 2. The highest BCUT2D eigenvalue weighted by molar-refractivity contribution is 5.97. The number of fused-ring (bicyclic) bond motifs is 1. The summed E-state index contributed by atoms with van der Waals surface area (Å²) in [4.78, 5) is 26.2. The van der Waals surface area contributed by atoms with Crippen LogP contribution in [0.2, 0.25) is 0 Å². The SMILES string of the molecule is CCCCC(=O)N1Cc2ccc(-c3ccccc3C(=O)OC)cc2C1. The van der Waals surface area contributed by atoms with Crippen molar-refractivity contribution < 1.29 is 14.3 Å². The summed E-state index contributed by atoms with van der Waals surface area (Å²) >= 11 is 0. The molecule has 4 heteroatoms. The van der Waals surface area contributed by atoms with E-state index in [-0.39, 0.29) is 11.9 Å². The standard InChI is InChI=1S/C21H23NO3/c1-3-4-9-20(23)22-13-16-11-10-15(12-17(16)14-22)18-7-5-6-8-19(18)21(24)25-2/h5-8,10-12H,3-4,9,13-14H2,1-2H3. The van der Waals surface area contributed by atoms with E-state index in [0.717, 1.165) is 29.5 Å². The molecule has 0 spiro atoms. The van der Waals surface area contributed by atoms with Gasteiger partial charge in [0.15, 0.2) is 0 Å². The molecule has 0 N–H and O–H groups in total. The number of esters is 1. The Balaban J connectivity index is 1.86. The average molecular weight is 337 g/mol. The normalized spacial score (nSPS) is 12.8. The van der Waals surface area contributed by atoms with Crippen molar-refractivity contribution >= 4 is 11.9 Å². The number of benzene rings is 2. The molecule has 2 aromatic rings. The summed E-state index contributed by atoms with van der Waals surface area (Å²) in [7, 11) is 1.39. The quantitative estimate of drug-likeness (QED) is 0.769. The highest BCUT2D eigenvalue weighted by Crippen LogP contribution is 2.31. The largest absolute Gasteiger partial charge is 0.465 e. The zero-order chi connectivity index (χ0) is 17.8. The molecule has 3 rings (SSSR count). The van der Waals surface area contributed by atoms with Gasteiger partial charge in [0.05, 0.1) is 12.7 Å². The number of amides is 1. The fourth-order valence-electron chi connectivity index (χ4n) is 3.25. The Labute approximate surface area is 148 Å². The summed E-state index contributed by atoms with van der Waals surface area (Å²) in [5.74, 6) is -0.123. The summed E-state index contributed by atoms with van der Waals surface area (Å²) < 4.78 is 4.89. The highest BCUT2D eigenvalue weighted by atomic mass is 16.5. The minimum absolute atomic E-state index is 0.217. The fourth-order valence-corrected chi connectivity index (χ4v) is 3.25. The minimum Gasteiger partial charge on any atom is -0.465 e. The van der Waals surface area contributed by atoms with Crippen LogP contribution in [0.25, 0.3) is 11.1 Å². The molecule has 0 unspecified atom stereocenters. The molecule has 0 atom stereocenters. The first-order valence-corrected chi connectivity index (χ1v) is 8.71. The molecule has 130 valence electrons. The van der Waals surface area contributed by atoms with Crippen molar-refractivity contribution in [3.8, 4) is 11.1 Å². The van der Waals surface area contributed by atoms with Gasteiger partial charge in [0.2, 0.25) is 5.91 Å². The van der Waals surface area contributed by atoms with Gasteiger partial charge in [-0.2, -0.15) is 0 Å². The molecule has 0 radical (unpaired) electrons. The Morgan fingerprint density at radius 3 is 2.60 bits per heavy atom. The Kier molecular flexibility index (Phi) is 5.17. The average Bonchev–Trinajstić information content (AvgIpc) is 3.08. The number of ether oxygens (including phenoxy) is 1. The van der Waals surface area contributed by atoms with Crippen molar-refractivity contribution in [3.05, 3.63) is 59.2 Å². The van der Waals surface area contributed by atoms with Crippen molar-refractivity contribution in [1.29, 1.82) is 0 Å². The van der Waals surface area contributed by atoms with Gasteiger partial charge < -0.3 is 9.64 Å². The number of hydrogen-bond donors (Lipinski definition) is 0. The Hall–Kier alpha value is -2.62. The van der Waals surface area contributed by atoms with Crippen LogP contribution < -0.4 is 0 Å². The fraction of sp³-hybridized carbons (Fsp3) is 0.333. The lowest BCUT2D eigenvalue weighted by molar-refractivity contribution is -0.131. The van der Waals surface area contributed by atoms with Gasteiger partial charge in [-0.3, -0.25) is 4.79 Å². The van der Waals surface area contributed by atoms with E-state index in [1.54, 1.807) is 6.07 Å². The molecule has 0 fully saturated rings. The number of nitrogens with zero attached hydrogens (tertiary/aromatic N) is 1. The summed E-state index contributed by atoms with van der Waals surface area (Å²) in [6, 6.07) is 13.6. The maximum Gasteiger partial charge on any atom is 0.338 e. The third kappa shape index (κ3) is 3.58. The molecule has 4 nitrogen and oxygen atoms in total. The molecule has 1 aliphatic rings. The van der Waals surface area contributed by atoms with Crippen LogP contribution in [0.1, 0.15) is 47.7 Å². The van der Waals surface area contributed by atoms with E-state index in [1.807, 2.05) is 29.2 Å². The van der Waals surface area contributed by atoms with E-state index in [2.05, 4.69) is 19.1 Å². The van der Waals surface area contributed by atoms with Crippen LogP contribution in [-0.2, 0) is 22.6 Å². The molecule has 0 bridgehead atoms. The molecule has 0 saturated carbocycles. The van der Waals surface area contributed by atoms with Crippen molar-refractivity contribution in [2.45, 2.75) is 39.3 Å². The lowest BCUT2D eigenvalue weighted by atomic mass is 9.96. The summed E-state index contributed by atoms with van der Waals surface area (Å²) in [5.41, 5.74) is 4.72. The van der Waals surface area contributed by atoms with Gasteiger partial charge in [0, 0.05) is 19.5 Å². The van der Waals surface area contributed by atoms with Crippen LogP contribution in [0.5, 0.6) is 0 Å². The van der Waals surface area contributed by atoms with Gasteiger partial charge in [-0.25, -0.2) is 4.79 Å². The smallest absolute Gasteiger partial charge is 0.338 e. The molecule has 1 aliphatic heterocycles. The van der Waals surface area contributed by atoms with E-state index in [1.165, 1.54) is 12.7 Å². The molecule has 1 amide bonds. The van der Waals surface area contributed by atoms with Crippen molar-refractivity contribution in [2.24, 2.45) is 0 Å². The zero-order valence-electron chi connectivity index (χ0n) is 14.7. The van der Waals surface area contributed by atoms with Gasteiger partial charge in [-0.05, 0) is 40.8 Å². The zero-order valence-corrected chi connectivity index (χ0v) is 14.7. The van der Waals surface area contributed by atoms with Crippen molar-refractivity contribution in [3.63, 3.8) is 0 Å². The Morgan fingerprint density at radius 1 is 1.08 bits per heavy atom. The van der Waals surface area contributed by atoms with E-state index in [4.69, 9.17) is 4.74 Å². The minimum atomic E-state index is -0.340. The second-order valence-electron chi connectivity index (χ2n) is 6.37. The summed E-state index contributed by atoms with van der Waals surface area (Å²) in [6.45, 7) is 3.42. The van der Waals surface area contributed by atoms with Crippen LogP contribution in [0, 0.1) is 0 Å². The van der Waals surface area contributed by atoms with Crippen molar-refractivity contribution in [1.82, 2.24) is 4.90 Å². The first-order chi connectivity index (χ1) is 12.1. The second kappa shape index (κ2) is 7.51. The molecule has 2 aromatic carbocycles. The third-order valence-electron chi connectivity index (χ3n) is 4.67. The third-order valence-corrected chi connectivity index (χ3v) is 4.67. The molecule has 25 heavy (non-hydrogen) atoms. The van der Waals surface area contributed by atoms with E-state index < -0.39 is 0 Å². The number of carbonyl (C=O) groups excluding carboxylic acids is 2. The number of unbranched alkanes of at least 4 members (excludes halogenated alkanes) is 1. The maximum atomic E-state index is 12.3. The predicted octanol–water partition coefficient (Wildman–Crippen LogP) is 4.17. The lowest BCUT2D eigenvalue weighted by Gasteiger charge is -2.14. The van der Waals surface area contributed by atoms with E-state index in [0.29, 0.717) is 25.1 Å². The van der Waals surface area contributed by atoms with E-state index in [9.17, 15) is 9.59 Å². The first kappa shape index (κ1) is 17.2. The van der Waals surface area contributed by atoms with E-state index >= 15 is 0 Å². The number of methoxy groups -OCH3 is 1. The van der Waals surface area contributed by atoms with Crippen LogP contribution in [0.15, 0.2) is 42.5 Å². The number of rotatable bonds is 5. The second-order valence-corrected chi connectivity index (χ2v) is 6.37. The molecule has 0 saturated heterocycles. The van der Waals surface area contributed by atoms with Gasteiger partial charge in [0.25, 0.3) is 0 Å². The van der Waals surface area contributed by atoms with Gasteiger partial charge in [-0.1, -0.05) is 43.7 Å². The molecule has 1 heterocycles. The molecular weight excluding hydrogens is 314 g/mol. The maximum absolute atomic E-state index is 12.3. The number of hydrogen-bond acceptors (Lipinski definition) is 3. The topological polar surface area (TPSA) is 46.6 Å². The van der Waals surface area contributed by atoms with Crippen molar-refractivity contribution in [2.75, 3.05) is 7.11 Å². The highest BCUT2D eigenvalue weighted by Gasteiger charge is 2.23. The van der Waals surface area contributed by atoms with Crippen LogP contribution >= 0.6 is 0 Å². The Morgan fingerprint density at radius 2 is 1.84 bits per heavy atom. The predicted molar refractivity (Wildman–Crippen MR) is 97.0 cm³/mol. The van der Waals surface area contributed by atoms with Gasteiger partial charge in [-0.15, -0.1) is 0 Å². The molecular formula is C21H23NO3. The van der Waals surface area contributed by atoms with Crippen LogP contribution in [-0.4, -0.2) is 23.9 Å². The van der Waals surface area contributed by atoms with Gasteiger partial charge >= 0.3 is 5.97 Å². The molecule has 0 aliphatic carbocycles. The monoisotopic (exact) mass is 337 g/mol. The summed E-state index contributed by atoms with van der Waals surface area (Å²) in [5, 5.41) is 0. The van der Waals surface area contributed by atoms with Gasteiger partial charge in [0.1, 0.15) is 0 Å². The lowest BCUT2D eigenvalue weighted by Crippen LogP contribution is -2.24. The summed E-state index contributed by atoms with van der Waals surface area (Å²) in [6.07, 6.45) is 2.58. The first-order valence-electron chi connectivity index (χ1n) is 8.71. The molecule has 0 aromatic heterocycles. The Bertz CT molecular complexity index is 797. The van der Waals surface area contributed by atoms with Crippen LogP contribution in [0.4, 0.5) is 0 Å². The van der Waals surface area contributed by atoms with Crippen LogP contribution in [0.3, 0.4) is 0 Å².